The second kappa shape index (κ2) is 7.93. The fourth-order valence-electron chi connectivity index (χ4n) is 2.37. The van der Waals surface area contributed by atoms with Gasteiger partial charge in [-0.15, -0.1) is 0 Å². The number of aliphatic hydroxyl groups is 1. The Hall–Kier alpha value is -1.68. The average Bonchev–Trinajstić information content (AvgIpc) is 2.56. The molecule has 0 fully saturated rings. The normalized spacial score (nSPS) is 13.9. The Kier molecular flexibility index (Phi) is 5.93. The second-order valence-corrected chi connectivity index (χ2v) is 5.17. The van der Waals surface area contributed by atoms with E-state index in [9.17, 15) is 5.11 Å². The zero-order valence-electron chi connectivity index (χ0n) is 12.6. The third kappa shape index (κ3) is 4.39. The molecule has 2 unspecified atom stereocenters. The topological polar surface area (TPSA) is 41.5 Å². The molecule has 3 nitrogen and oxygen atoms in total. The molecule has 0 saturated heterocycles. The van der Waals surface area contributed by atoms with Crippen LogP contribution < -0.4 is 5.32 Å². The summed E-state index contributed by atoms with van der Waals surface area (Å²) in [6.45, 7) is 2.94. The number of rotatable bonds is 7. The van der Waals surface area contributed by atoms with Crippen molar-refractivity contribution in [2.45, 2.75) is 25.7 Å². The summed E-state index contributed by atoms with van der Waals surface area (Å²) in [6, 6.07) is 18.4. The molecular formula is C18H23NO2. The van der Waals surface area contributed by atoms with Crippen molar-refractivity contribution in [2.75, 3.05) is 13.7 Å². The largest absolute Gasteiger partial charge is 0.392 e. The lowest BCUT2D eigenvalue weighted by Crippen LogP contribution is -2.25. The summed E-state index contributed by atoms with van der Waals surface area (Å²) >= 11 is 0. The van der Waals surface area contributed by atoms with E-state index in [1.807, 2.05) is 36.4 Å². The molecule has 0 aliphatic heterocycles. The number of hydrogen-bond acceptors (Lipinski definition) is 3. The van der Waals surface area contributed by atoms with Crippen molar-refractivity contribution in [3.63, 3.8) is 0 Å². The molecule has 0 radical (unpaired) electrons. The molecule has 3 heteroatoms. The Labute approximate surface area is 126 Å². The molecule has 112 valence electrons. The summed E-state index contributed by atoms with van der Waals surface area (Å²) in [5, 5.41) is 12.7. The highest BCUT2D eigenvalue weighted by atomic mass is 16.5. The van der Waals surface area contributed by atoms with E-state index >= 15 is 0 Å². The van der Waals surface area contributed by atoms with E-state index in [-0.39, 0.29) is 18.8 Å². The highest BCUT2D eigenvalue weighted by Gasteiger charge is 2.12. The lowest BCUT2D eigenvalue weighted by molar-refractivity contribution is 0.0999. The van der Waals surface area contributed by atoms with Crippen LogP contribution in [0, 0.1) is 0 Å². The highest BCUT2D eigenvalue weighted by molar-refractivity contribution is 5.25. The smallest absolute Gasteiger partial charge is 0.0945 e. The first-order valence-electron chi connectivity index (χ1n) is 7.25. The summed E-state index contributed by atoms with van der Waals surface area (Å²) in [5.41, 5.74) is 3.28. The van der Waals surface area contributed by atoms with Crippen molar-refractivity contribution >= 4 is 0 Å². The summed E-state index contributed by atoms with van der Waals surface area (Å²) in [6.07, 6.45) is 0.0367. The summed E-state index contributed by atoms with van der Waals surface area (Å²) < 4.78 is 5.57. The van der Waals surface area contributed by atoms with Crippen molar-refractivity contribution in [1.82, 2.24) is 5.32 Å². The van der Waals surface area contributed by atoms with Gasteiger partial charge < -0.3 is 15.2 Å². The zero-order valence-corrected chi connectivity index (χ0v) is 12.6. The van der Waals surface area contributed by atoms with Gasteiger partial charge in [0.15, 0.2) is 0 Å². The predicted octanol–water partition coefficient (Wildman–Crippen LogP) is 3.22. The van der Waals surface area contributed by atoms with E-state index in [2.05, 4.69) is 30.4 Å². The van der Waals surface area contributed by atoms with Gasteiger partial charge in [-0.1, -0.05) is 54.6 Å². The highest BCUT2D eigenvalue weighted by Crippen LogP contribution is 2.18. The maximum atomic E-state index is 9.21. The standard InChI is InChI=1S/C18H23NO2/c1-14(17-10-6-7-15(11-17)13-20)19-12-18(21-2)16-8-4-3-5-9-16/h3-11,14,18-20H,12-13H2,1-2H3. The van der Waals surface area contributed by atoms with Gasteiger partial charge in [0, 0.05) is 19.7 Å². The molecule has 0 amide bonds. The minimum Gasteiger partial charge on any atom is -0.392 e. The van der Waals surface area contributed by atoms with Gasteiger partial charge in [-0.25, -0.2) is 0 Å². The Balaban J connectivity index is 1.97. The zero-order chi connectivity index (χ0) is 15.1. The third-order valence-electron chi connectivity index (χ3n) is 3.70. The van der Waals surface area contributed by atoms with Gasteiger partial charge in [0.05, 0.1) is 12.7 Å². The van der Waals surface area contributed by atoms with Crippen LogP contribution in [0.4, 0.5) is 0 Å². The molecule has 0 aromatic heterocycles. The van der Waals surface area contributed by atoms with Gasteiger partial charge in [0.1, 0.15) is 0 Å². The van der Waals surface area contributed by atoms with Crippen LogP contribution >= 0.6 is 0 Å². The number of benzene rings is 2. The van der Waals surface area contributed by atoms with E-state index in [0.717, 1.165) is 12.1 Å². The van der Waals surface area contributed by atoms with E-state index in [4.69, 9.17) is 4.74 Å². The van der Waals surface area contributed by atoms with Crippen LogP contribution in [0.25, 0.3) is 0 Å². The molecule has 2 aromatic carbocycles. The third-order valence-corrected chi connectivity index (χ3v) is 3.70. The predicted molar refractivity (Wildman–Crippen MR) is 85.0 cm³/mol. The first-order chi connectivity index (χ1) is 10.2. The van der Waals surface area contributed by atoms with E-state index in [1.54, 1.807) is 7.11 Å². The Bertz CT molecular complexity index is 542. The van der Waals surface area contributed by atoms with Crippen LogP contribution in [0.5, 0.6) is 0 Å². The lowest BCUT2D eigenvalue weighted by Gasteiger charge is -2.20. The van der Waals surface area contributed by atoms with Crippen LogP contribution in [0.15, 0.2) is 54.6 Å². The monoisotopic (exact) mass is 285 g/mol. The van der Waals surface area contributed by atoms with Gasteiger partial charge in [0.25, 0.3) is 0 Å². The van der Waals surface area contributed by atoms with Gasteiger partial charge in [0.2, 0.25) is 0 Å². The molecule has 0 spiro atoms. The second-order valence-electron chi connectivity index (χ2n) is 5.17. The van der Waals surface area contributed by atoms with E-state index < -0.39 is 0 Å². The Morgan fingerprint density at radius 1 is 1.05 bits per heavy atom. The first-order valence-corrected chi connectivity index (χ1v) is 7.25. The molecule has 0 heterocycles. The van der Waals surface area contributed by atoms with Crippen LogP contribution in [0.2, 0.25) is 0 Å². The minimum absolute atomic E-state index is 0.0367. The number of nitrogens with one attached hydrogen (secondary N) is 1. The summed E-state index contributed by atoms with van der Waals surface area (Å²) in [5.74, 6) is 0. The molecular weight excluding hydrogens is 262 g/mol. The van der Waals surface area contributed by atoms with Crippen LogP contribution in [-0.2, 0) is 11.3 Å². The molecule has 21 heavy (non-hydrogen) atoms. The van der Waals surface area contributed by atoms with Crippen LogP contribution in [0.1, 0.15) is 35.8 Å². The number of methoxy groups -OCH3 is 1. The Morgan fingerprint density at radius 3 is 2.43 bits per heavy atom. The van der Waals surface area contributed by atoms with Crippen molar-refractivity contribution in [3.8, 4) is 0 Å². The van der Waals surface area contributed by atoms with Gasteiger partial charge in [-0.05, 0) is 23.6 Å². The van der Waals surface area contributed by atoms with Crippen molar-refractivity contribution in [3.05, 3.63) is 71.3 Å². The molecule has 0 aliphatic carbocycles. The van der Waals surface area contributed by atoms with Gasteiger partial charge in [-0.3, -0.25) is 0 Å². The van der Waals surface area contributed by atoms with Crippen molar-refractivity contribution in [1.29, 1.82) is 0 Å². The minimum atomic E-state index is 0.0367. The summed E-state index contributed by atoms with van der Waals surface area (Å²) in [7, 11) is 1.73. The van der Waals surface area contributed by atoms with E-state index in [0.29, 0.717) is 0 Å². The van der Waals surface area contributed by atoms with Crippen LogP contribution in [-0.4, -0.2) is 18.8 Å². The molecule has 2 atom stereocenters. The molecule has 0 saturated carbocycles. The van der Waals surface area contributed by atoms with E-state index in [1.165, 1.54) is 11.1 Å². The summed E-state index contributed by atoms with van der Waals surface area (Å²) in [4.78, 5) is 0. The number of hydrogen-bond donors (Lipinski definition) is 2. The van der Waals surface area contributed by atoms with Crippen LogP contribution in [0.3, 0.4) is 0 Å². The number of ether oxygens (including phenoxy) is 1. The Morgan fingerprint density at radius 2 is 1.76 bits per heavy atom. The average molecular weight is 285 g/mol. The van der Waals surface area contributed by atoms with Crippen molar-refractivity contribution in [2.24, 2.45) is 0 Å². The fourth-order valence-corrected chi connectivity index (χ4v) is 2.37. The molecule has 0 aliphatic rings. The van der Waals surface area contributed by atoms with Gasteiger partial charge >= 0.3 is 0 Å². The molecule has 2 rings (SSSR count). The van der Waals surface area contributed by atoms with Crippen molar-refractivity contribution < 1.29 is 9.84 Å². The molecule has 2 aromatic rings. The molecule has 0 bridgehead atoms. The maximum absolute atomic E-state index is 9.21. The fraction of sp³-hybridized carbons (Fsp3) is 0.333. The maximum Gasteiger partial charge on any atom is 0.0945 e. The SMILES string of the molecule is COC(CNC(C)c1cccc(CO)c1)c1ccccc1. The number of aliphatic hydroxyl groups excluding tert-OH is 1. The van der Waals surface area contributed by atoms with Gasteiger partial charge in [-0.2, -0.15) is 0 Å². The lowest BCUT2D eigenvalue weighted by atomic mass is 10.0. The molecule has 2 N–H and O–H groups in total. The first kappa shape index (κ1) is 15.7. The quantitative estimate of drug-likeness (QED) is 0.820.